The van der Waals surface area contributed by atoms with E-state index in [2.05, 4.69) is 12.2 Å². The number of amides is 2. The molecule has 20 heavy (non-hydrogen) atoms. The minimum absolute atomic E-state index is 0.0141. The molecule has 2 aliphatic rings. The summed E-state index contributed by atoms with van der Waals surface area (Å²) in [6.45, 7) is 10.9. The SMILES string of the molecule is CC(C)C1C(=O)NC(C)(C)C(=O)N1C1(C)CCOCC1. The molecule has 5 heteroatoms. The molecule has 0 aromatic carbocycles. The summed E-state index contributed by atoms with van der Waals surface area (Å²) in [6.07, 6.45) is 1.57. The largest absolute Gasteiger partial charge is 0.381 e. The first-order chi connectivity index (χ1) is 9.19. The summed E-state index contributed by atoms with van der Waals surface area (Å²) in [6, 6.07) is -0.390. The van der Waals surface area contributed by atoms with Crippen LogP contribution in [0.15, 0.2) is 0 Å². The van der Waals surface area contributed by atoms with Crippen LogP contribution < -0.4 is 5.32 Å². The van der Waals surface area contributed by atoms with E-state index in [9.17, 15) is 9.59 Å². The van der Waals surface area contributed by atoms with Gasteiger partial charge < -0.3 is 15.0 Å². The maximum absolute atomic E-state index is 12.9. The van der Waals surface area contributed by atoms with Crippen molar-refractivity contribution in [2.75, 3.05) is 13.2 Å². The molecular weight excluding hydrogens is 256 g/mol. The van der Waals surface area contributed by atoms with Gasteiger partial charge in [-0.25, -0.2) is 0 Å². The summed E-state index contributed by atoms with van der Waals surface area (Å²) in [5, 5.41) is 2.86. The Morgan fingerprint density at radius 3 is 2.25 bits per heavy atom. The van der Waals surface area contributed by atoms with Gasteiger partial charge in [-0.3, -0.25) is 9.59 Å². The Hall–Kier alpha value is -1.10. The molecule has 0 aromatic heterocycles. The van der Waals surface area contributed by atoms with Gasteiger partial charge in [0, 0.05) is 18.8 Å². The normalized spacial score (nSPS) is 29.5. The van der Waals surface area contributed by atoms with E-state index in [0.717, 1.165) is 12.8 Å². The van der Waals surface area contributed by atoms with Gasteiger partial charge in [-0.15, -0.1) is 0 Å². The Balaban J connectivity index is 2.41. The molecule has 2 saturated heterocycles. The molecule has 2 heterocycles. The quantitative estimate of drug-likeness (QED) is 0.831. The molecule has 0 radical (unpaired) electrons. The fourth-order valence-corrected chi connectivity index (χ4v) is 3.21. The van der Waals surface area contributed by atoms with Gasteiger partial charge in [0.15, 0.2) is 0 Å². The van der Waals surface area contributed by atoms with E-state index in [1.807, 2.05) is 18.7 Å². The number of hydrogen-bond acceptors (Lipinski definition) is 3. The predicted octanol–water partition coefficient (Wildman–Crippen LogP) is 1.32. The monoisotopic (exact) mass is 282 g/mol. The molecule has 114 valence electrons. The molecule has 5 nitrogen and oxygen atoms in total. The number of piperazine rings is 1. The smallest absolute Gasteiger partial charge is 0.248 e. The molecule has 2 rings (SSSR count). The standard InChI is InChI=1S/C15H26N2O3/c1-10(2)11-12(18)16-14(3,4)13(19)17(11)15(5)6-8-20-9-7-15/h10-11H,6-9H2,1-5H3,(H,16,18). The first-order valence-corrected chi connectivity index (χ1v) is 7.42. The minimum Gasteiger partial charge on any atom is -0.381 e. The molecule has 2 aliphatic heterocycles. The highest BCUT2D eigenvalue weighted by molar-refractivity contribution is 5.99. The number of ether oxygens (including phenoxy) is 1. The lowest BCUT2D eigenvalue weighted by Crippen LogP contribution is -2.74. The summed E-state index contributed by atoms with van der Waals surface area (Å²) in [4.78, 5) is 27.2. The lowest BCUT2D eigenvalue weighted by Gasteiger charge is -2.53. The van der Waals surface area contributed by atoms with E-state index in [-0.39, 0.29) is 23.3 Å². The summed E-state index contributed by atoms with van der Waals surface area (Å²) in [7, 11) is 0. The van der Waals surface area contributed by atoms with Crippen molar-refractivity contribution in [1.82, 2.24) is 10.2 Å². The van der Waals surface area contributed by atoms with Gasteiger partial charge in [0.1, 0.15) is 11.6 Å². The molecule has 1 atom stereocenters. The molecule has 0 spiro atoms. The van der Waals surface area contributed by atoms with Crippen molar-refractivity contribution in [1.29, 1.82) is 0 Å². The first-order valence-electron chi connectivity index (χ1n) is 7.42. The summed E-state index contributed by atoms with van der Waals surface area (Å²) >= 11 is 0. The van der Waals surface area contributed by atoms with Gasteiger partial charge in [-0.2, -0.15) is 0 Å². The van der Waals surface area contributed by atoms with Crippen LogP contribution in [0.2, 0.25) is 0 Å². The molecule has 1 unspecified atom stereocenters. The van der Waals surface area contributed by atoms with Crippen LogP contribution in [0.5, 0.6) is 0 Å². The van der Waals surface area contributed by atoms with Crippen molar-refractivity contribution in [2.45, 2.75) is 64.6 Å². The van der Waals surface area contributed by atoms with Crippen molar-refractivity contribution < 1.29 is 14.3 Å². The predicted molar refractivity (Wildman–Crippen MR) is 76.2 cm³/mol. The molecule has 0 bridgehead atoms. The van der Waals surface area contributed by atoms with Crippen LogP contribution in [0.1, 0.15) is 47.5 Å². The van der Waals surface area contributed by atoms with Crippen LogP contribution in [0, 0.1) is 5.92 Å². The Labute approximate surface area is 121 Å². The molecular formula is C15H26N2O3. The van der Waals surface area contributed by atoms with E-state index in [4.69, 9.17) is 4.74 Å². The molecule has 2 fully saturated rings. The van der Waals surface area contributed by atoms with Gasteiger partial charge in [-0.1, -0.05) is 13.8 Å². The highest BCUT2D eigenvalue weighted by Crippen LogP contribution is 2.35. The molecule has 0 aliphatic carbocycles. The van der Waals surface area contributed by atoms with E-state index < -0.39 is 11.6 Å². The zero-order valence-corrected chi connectivity index (χ0v) is 13.2. The third-order valence-corrected chi connectivity index (χ3v) is 4.52. The van der Waals surface area contributed by atoms with Gasteiger partial charge in [0.2, 0.25) is 11.8 Å². The maximum Gasteiger partial charge on any atom is 0.248 e. The van der Waals surface area contributed by atoms with Crippen molar-refractivity contribution in [3.63, 3.8) is 0 Å². The second-order valence-electron chi connectivity index (χ2n) is 7.09. The van der Waals surface area contributed by atoms with Gasteiger partial charge in [0.05, 0.1) is 0 Å². The Bertz CT molecular complexity index is 411. The highest BCUT2D eigenvalue weighted by Gasteiger charge is 2.52. The van der Waals surface area contributed by atoms with E-state index in [1.165, 1.54) is 0 Å². The van der Waals surface area contributed by atoms with Gasteiger partial charge in [-0.05, 0) is 39.5 Å². The highest BCUT2D eigenvalue weighted by atomic mass is 16.5. The maximum atomic E-state index is 12.9. The van der Waals surface area contributed by atoms with E-state index >= 15 is 0 Å². The lowest BCUT2D eigenvalue weighted by atomic mass is 9.82. The van der Waals surface area contributed by atoms with E-state index in [0.29, 0.717) is 13.2 Å². The molecule has 2 amide bonds. The third-order valence-electron chi connectivity index (χ3n) is 4.52. The number of carbonyl (C=O) groups is 2. The Kier molecular flexibility index (Phi) is 3.84. The van der Waals surface area contributed by atoms with Crippen LogP contribution in [-0.2, 0) is 14.3 Å². The van der Waals surface area contributed by atoms with Crippen molar-refractivity contribution in [3.8, 4) is 0 Å². The minimum atomic E-state index is -0.830. The molecule has 1 N–H and O–H groups in total. The molecule has 0 saturated carbocycles. The number of rotatable bonds is 2. The van der Waals surface area contributed by atoms with Crippen LogP contribution >= 0.6 is 0 Å². The number of nitrogens with one attached hydrogen (secondary N) is 1. The Morgan fingerprint density at radius 2 is 1.75 bits per heavy atom. The number of nitrogens with zero attached hydrogens (tertiary/aromatic N) is 1. The van der Waals surface area contributed by atoms with E-state index in [1.54, 1.807) is 13.8 Å². The van der Waals surface area contributed by atoms with Crippen molar-refractivity contribution in [3.05, 3.63) is 0 Å². The number of hydrogen-bond donors (Lipinski definition) is 1. The summed E-state index contributed by atoms with van der Waals surface area (Å²) in [5.41, 5.74) is -1.12. The van der Waals surface area contributed by atoms with Crippen LogP contribution in [-0.4, -0.2) is 47.0 Å². The number of carbonyl (C=O) groups excluding carboxylic acids is 2. The molecule has 0 aromatic rings. The van der Waals surface area contributed by atoms with Crippen LogP contribution in [0.3, 0.4) is 0 Å². The average Bonchev–Trinajstić information content (AvgIpc) is 2.33. The van der Waals surface area contributed by atoms with Crippen molar-refractivity contribution in [2.24, 2.45) is 5.92 Å². The zero-order chi connectivity index (χ0) is 15.1. The third kappa shape index (κ3) is 2.43. The second-order valence-corrected chi connectivity index (χ2v) is 7.09. The van der Waals surface area contributed by atoms with Crippen LogP contribution in [0.4, 0.5) is 0 Å². The second kappa shape index (κ2) is 5.02. The fraction of sp³-hybridized carbons (Fsp3) is 0.867. The zero-order valence-electron chi connectivity index (χ0n) is 13.2. The van der Waals surface area contributed by atoms with Crippen LogP contribution in [0.25, 0.3) is 0 Å². The fourth-order valence-electron chi connectivity index (χ4n) is 3.21. The average molecular weight is 282 g/mol. The Morgan fingerprint density at radius 1 is 1.20 bits per heavy atom. The first kappa shape index (κ1) is 15.3. The van der Waals surface area contributed by atoms with Gasteiger partial charge in [0.25, 0.3) is 0 Å². The summed E-state index contributed by atoms with van der Waals surface area (Å²) in [5.74, 6) is 0.0623. The lowest BCUT2D eigenvalue weighted by molar-refractivity contribution is -0.167. The summed E-state index contributed by atoms with van der Waals surface area (Å²) < 4.78 is 5.43. The van der Waals surface area contributed by atoms with Gasteiger partial charge >= 0.3 is 0 Å². The van der Waals surface area contributed by atoms with Crippen molar-refractivity contribution >= 4 is 11.8 Å². The topological polar surface area (TPSA) is 58.6 Å².